The molecule has 13 heavy (non-hydrogen) atoms. The van der Waals surface area contributed by atoms with E-state index in [1.165, 1.54) is 24.1 Å². The molecule has 0 aliphatic heterocycles. The molecule has 0 aromatic carbocycles. The summed E-state index contributed by atoms with van der Waals surface area (Å²) in [5, 5.41) is 4.24. The third kappa shape index (κ3) is 1.77. The van der Waals surface area contributed by atoms with Gasteiger partial charge in [0.1, 0.15) is 0 Å². The Morgan fingerprint density at radius 1 is 1.38 bits per heavy atom. The normalized spacial score (nSPS) is 17.6. The van der Waals surface area contributed by atoms with Crippen LogP contribution in [0.2, 0.25) is 0 Å². The third-order valence-corrected chi connectivity index (χ3v) is 2.69. The first-order chi connectivity index (χ1) is 6.13. The summed E-state index contributed by atoms with van der Waals surface area (Å²) in [6, 6.07) is 0. The summed E-state index contributed by atoms with van der Waals surface area (Å²) in [7, 11) is 2.03. The van der Waals surface area contributed by atoms with Crippen LogP contribution in [0.5, 0.6) is 0 Å². The van der Waals surface area contributed by atoms with E-state index in [0.29, 0.717) is 5.41 Å². The molecule has 1 aromatic rings. The van der Waals surface area contributed by atoms with E-state index in [1.54, 1.807) is 0 Å². The van der Waals surface area contributed by atoms with Crippen molar-refractivity contribution in [2.24, 2.45) is 7.05 Å². The Balaban J connectivity index is 0.000000396. The van der Waals surface area contributed by atoms with E-state index in [9.17, 15) is 0 Å². The van der Waals surface area contributed by atoms with Gasteiger partial charge >= 0.3 is 0 Å². The lowest BCUT2D eigenvalue weighted by molar-refractivity contribution is 0.632. The van der Waals surface area contributed by atoms with Gasteiger partial charge in [0.25, 0.3) is 0 Å². The molecule has 2 heteroatoms. The molecule has 1 aliphatic carbocycles. The molecule has 2 nitrogen and oxygen atoms in total. The molecule has 0 amide bonds. The van der Waals surface area contributed by atoms with Crippen LogP contribution in [0, 0.1) is 6.92 Å². The molecule has 0 unspecified atom stereocenters. The highest BCUT2D eigenvalue weighted by Crippen LogP contribution is 2.48. The first-order valence-electron chi connectivity index (χ1n) is 5.12. The molecule has 1 aliphatic rings. The molecule has 0 N–H and O–H groups in total. The Morgan fingerprint density at radius 2 is 1.92 bits per heavy atom. The molecular weight excluding hydrogens is 160 g/mol. The van der Waals surface area contributed by atoms with Crippen LogP contribution in [0.3, 0.4) is 0 Å². The van der Waals surface area contributed by atoms with Crippen molar-refractivity contribution in [3.05, 3.63) is 17.5 Å². The van der Waals surface area contributed by atoms with Gasteiger partial charge in [-0.3, -0.25) is 4.68 Å². The van der Waals surface area contributed by atoms with Gasteiger partial charge in [0.2, 0.25) is 0 Å². The lowest BCUT2D eigenvalue weighted by Gasteiger charge is -2.09. The number of hydrogen-bond acceptors (Lipinski definition) is 1. The summed E-state index contributed by atoms with van der Waals surface area (Å²) >= 11 is 0. The van der Waals surface area contributed by atoms with Crippen molar-refractivity contribution in [1.82, 2.24) is 9.78 Å². The van der Waals surface area contributed by atoms with Gasteiger partial charge in [0.05, 0.1) is 6.20 Å². The second kappa shape index (κ2) is 3.52. The predicted molar refractivity (Wildman–Crippen MR) is 55.9 cm³/mol. The van der Waals surface area contributed by atoms with Gasteiger partial charge in [-0.15, -0.1) is 0 Å². The fraction of sp³-hybridized carbons (Fsp3) is 0.727. The molecule has 0 radical (unpaired) electrons. The van der Waals surface area contributed by atoms with Crippen molar-refractivity contribution in [3.8, 4) is 0 Å². The highest BCUT2D eigenvalue weighted by atomic mass is 15.3. The average molecular weight is 180 g/mol. The third-order valence-electron chi connectivity index (χ3n) is 2.69. The monoisotopic (exact) mass is 180 g/mol. The van der Waals surface area contributed by atoms with Gasteiger partial charge in [-0.25, -0.2) is 0 Å². The Kier molecular flexibility index (Phi) is 2.79. The van der Waals surface area contributed by atoms with E-state index in [-0.39, 0.29) is 0 Å². The first-order valence-corrected chi connectivity index (χ1v) is 5.12. The van der Waals surface area contributed by atoms with Crippen LogP contribution in [-0.4, -0.2) is 9.78 Å². The van der Waals surface area contributed by atoms with Crippen LogP contribution in [0.15, 0.2) is 6.20 Å². The molecule has 0 saturated heterocycles. The van der Waals surface area contributed by atoms with Crippen molar-refractivity contribution in [2.75, 3.05) is 0 Å². The summed E-state index contributed by atoms with van der Waals surface area (Å²) in [6.07, 6.45) is 4.61. The molecular formula is C11H20N2. The van der Waals surface area contributed by atoms with Gasteiger partial charge in [-0.2, -0.15) is 5.10 Å². The summed E-state index contributed by atoms with van der Waals surface area (Å²) < 4.78 is 2.02. The van der Waals surface area contributed by atoms with Gasteiger partial charge in [-0.1, -0.05) is 20.8 Å². The maximum absolute atomic E-state index is 4.24. The van der Waals surface area contributed by atoms with Crippen LogP contribution in [0.1, 0.15) is 44.9 Å². The summed E-state index contributed by atoms with van der Waals surface area (Å²) in [4.78, 5) is 0. The minimum atomic E-state index is 0.454. The topological polar surface area (TPSA) is 17.8 Å². The van der Waals surface area contributed by atoms with Crippen LogP contribution in [0.4, 0.5) is 0 Å². The molecule has 1 aromatic heterocycles. The van der Waals surface area contributed by atoms with E-state index in [1.807, 2.05) is 31.8 Å². The summed E-state index contributed by atoms with van der Waals surface area (Å²) in [5.41, 5.74) is 3.22. The van der Waals surface area contributed by atoms with Gasteiger partial charge in [0.15, 0.2) is 0 Å². The predicted octanol–water partition coefficient (Wildman–Crippen LogP) is 2.81. The quantitative estimate of drug-likeness (QED) is 0.650. The smallest absolute Gasteiger partial charge is 0.0521 e. The lowest BCUT2D eigenvalue weighted by Crippen LogP contribution is -2.09. The van der Waals surface area contributed by atoms with Crippen LogP contribution < -0.4 is 0 Å². The Hall–Kier alpha value is -0.790. The number of rotatable bonds is 1. The second-order valence-electron chi connectivity index (χ2n) is 3.86. The molecule has 1 fully saturated rings. The zero-order chi connectivity index (χ0) is 10.1. The molecule has 1 saturated carbocycles. The average Bonchev–Trinajstić information content (AvgIpc) is 2.75. The van der Waals surface area contributed by atoms with E-state index < -0.39 is 0 Å². The zero-order valence-corrected chi connectivity index (χ0v) is 9.39. The van der Waals surface area contributed by atoms with Gasteiger partial charge in [-0.05, 0) is 25.3 Å². The number of aryl methyl sites for hydroxylation is 2. The zero-order valence-electron chi connectivity index (χ0n) is 9.39. The second-order valence-corrected chi connectivity index (χ2v) is 3.86. The molecule has 0 spiro atoms. The van der Waals surface area contributed by atoms with Crippen LogP contribution >= 0.6 is 0 Å². The minimum absolute atomic E-state index is 0.454. The Morgan fingerprint density at radius 3 is 2.23 bits per heavy atom. The van der Waals surface area contributed by atoms with Crippen molar-refractivity contribution >= 4 is 0 Å². The molecule has 0 bridgehead atoms. The van der Waals surface area contributed by atoms with Crippen molar-refractivity contribution in [2.45, 2.75) is 46.0 Å². The number of nitrogens with zero attached hydrogens (tertiary/aromatic N) is 2. The SMILES string of the molecule is CC.Cc1cnn(C)c1C1(C)CC1. The van der Waals surface area contributed by atoms with E-state index in [4.69, 9.17) is 0 Å². The fourth-order valence-electron chi connectivity index (χ4n) is 1.84. The van der Waals surface area contributed by atoms with Gasteiger partial charge < -0.3 is 0 Å². The van der Waals surface area contributed by atoms with Crippen molar-refractivity contribution in [3.63, 3.8) is 0 Å². The minimum Gasteiger partial charge on any atom is -0.272 e. The largest absolute Gasteiger partial charge is 0.272 e. The van der Waals surface area contributed by atoms with E-state index >= 15 is 0 Å². The maximum Gasteiger partial charge on any atom is 0.0521 e. The summed E-state index contributed by atoms with van der Waals surface area (Å²) in [5.74, 6) is 0. The molecule has 2 rings (SSSR count). The molecule has 74 valence electrons. The first kappa shape index (κ1) is 10.3. The highest BCUT2D eigenvalue weighted by molar-refractivity contribution is 5.29. The van der Waals surface area contributed by atoms with Crippen molar-refractivity contribution < 1.29 is 0 Å². The van der Waals surface area contributed by atoms with E-state index in [0.717, 1.165) is 0 Å². The standard InChI is InChI=1S/C9H14N2.C2H6/c1-7-6-10-11(3)8(7)9(2)4-5-9;1-2/h6H,4-5H2,1-3H3;1-2H3. The maximum atomic E-state index is 4.24. The number of aromatic nitrogens is 2. The van der Waals surface area contributed by atoms with Crippen LogP contribution in [0.25, 0.3) is 0 Å². The Labute approximate surface area is 81.0 Å². The van der Waals surface area contributed by atoms with E-state index in [2.05, 4.69) is 18.9 Å². The highest BCUT2D eigenvalue weighted by Gasteiger charge is 2.42. The Bertz CT molecular complexity index is 263. The van der Waals surface area contributed by atoms with Crippen LogP contribution in [-0.2, 0) is 12.5 Å². The lowest BCUT2D eigenvalue weighted by atomic mass is 10.0. The molecule has 0 atom stereocenters. The number of hydrogen-bond donors (Lipinski definition) is 0. The molecule has 1 heterocycles. The van der Waals surface area contributed by atoms with Crippen molar-refractivity contribution in [1.29, 1.82) is 0 Å². The summed E-state index contributed by atoms with van der Waals surface area (Å²) in [6.45, 7) is 8.46. The van der Waals surface area contributed by atoms with Gasteiger partial charge in [0, 0.05) is 18.2 Å². The fourth-order valence-corrected chi connectivity index (χ4v) is 1.84.